The first-order chi connectivity index (χ1) is 15.2. The van der Waals surface area contributed by atoms with E-state index in [-0.39, 0.29) is 35.4 Å². The van der Waals surface area contributed by atoms with Crippen LogP contribution >= 0.6 is 0 Å². The summed E-state index contributed by atoms with van der Waals surface area (Å²) in [5.41, 5.74) is 0.786. The van der Waals surface area contributed by atoms with E-state index < -0.39 is 0 Å². The molecule has 0 atom stereocenters. The van der Waals surface area contributed by atoms with Crippen molar-refractivity contribution in [3.63, 3.8) is 0 Å². The number of hydrogen-bond donors (Lipinski definition) is 1. The van der Waals surface area contributed by atoms with Gasteiger partial charge in [-0.25, -0.2) is 4.68 Å². The van der Waals surface area contributed by atoms with E-state index in [1.165, 1.54) is 19.1 Å². The van der Waals surface area contributed by atoms with Gasteiger partial charge in [-0.1, -0.05) is 20.8 Å². The fourth-order valence-corrected chi connectivity index (χ4v) is 3.27. The molecule has 1 N–H and O–H groups in total. The molecule has 182 valence electrons. The third-order valence-electron chi connectivity index (χ3n) is 5.18. The lowest BCUT2D eigenvalue weighted by Crippen LogP contribution is -2.42. The maximum Gasteiger partial charge on any atom is 0.254 e. The zero-order valence-electron chi connectivity index (χ0n) is 21.6. The molecule has 0 aliphatic heterocycles. The molecule has 2 rings (SSSR count). The van der Waals surface area contributed by atoms with Gasteiger partial charge in [0.1, 0.15) is 23.9 Å². The molecule has 8 nitrogen and oxygen atoms in total. The topological polar surface area (TPSA) is 85.7 Å². The fraction of sp³-hybridized carbons (Fsp3) is 0.560. The number of carbonyl (C=O) groups excluding carboxylic acids is 2. The monoisotopic (exact) mass is 458 g/mol. The summed E-state index contributed by atoms with van der Waals surface area (Å²) in [6, 6.07) is 6.68. The highest BCUT2D eigenvalue weighted by molar-refractivity contribution is 5.99. The molecule has 8 heteroatoms. The largest absolute Gasteiger partial charge is 0.497 e. The molecule has 0 saturated heterocycles. The Morgan fingerprint density at radius 1 is 1.00 bits per heavy atom. The summed E-state index contributed by atoms with van der Waals surface area (Å²) in [6.07, 6.45) is 0. The van der Waals surface area contributed by atoms with Crippen LogP contribution in [0.4, 0.5) is 5.82 Å². The van der Waals surface area contributed by atoms with Crippen LogP contribution in [0.15, 0.2) is 24.3 Å². The quantitative estimate of drug-likeness (QED) is 0.663. The molecule has 0 radical (unpaired) electrons. The number of nitrogens with one attached hydrogen (secondary N) is 1. The molecule has 0 aliphatic rings. The first-order valence-electron chi connectivity index (χ1n) is 11.1. The molecular formula is C25H38N4O4. The number of methoxy groups -OCH3 is 2. The van der Waals surface area contributed by atoms with E-state index in [4.69, 9.17) is 14.6 Å². The average molecular weight is 459 g/mol. The number of nitrogens with zero attached hydrogens (tertiary/aromatic N) is 3. The van der Waals surface area contributed by atoms with Gasteiger partial charge in [0.05, 0.1) is 25.5 Å². The molecule has 0 spiro atoms. The number of ether oxygens (including phenoxy) is 2. The Morgan fingerprint density at radius 2 is 1.55 bits per heavy atom. The summed E-state index contributed by atoms with van der Waals surface area (Å²) < 4.78 is 12.4. The summed E-state index contributed by atoms with van der Waals surface area (Å²) in [6.45, 7) is 16.0. The van der Waals surface area contributed by atoms with Gasteiger partial charge in [0.2, 0.25) is 5.91 Å². The van der Waals surface area contributed by atoms with Crippen molar-refractivity contribution in [1.29, 1.82) is 0 Å². The summed E-state index contributed by atoms with van der Waals surface area (Å²) in [5, 5.41) is 7.70. The maximum atomic E-state index is 13.3. The Labute approximate surface area is 197 Å². The lowest BCUT2D eigenvalue weighted by molar-refractivity contribution is -0.117. The standard InChI is InChI=1S/C25H38N4O4/c1-16(2)28(23(31)17-11-18(32-9)13-19(12-17)33-10)15-22(30)26-21-14-20(24(3,4)5)27-29(21)25(6,7)8/h11-14,16H,15H2,1-10H3,(H,26,30). The number of hydrogen-bond acceptors (Lipinski definition) is 5. The SMILES string of the molecule is COc1cc(OC)cc(C(=O)N(CC(=O)Nc2cc(C(C)(C)C)nn2C(C)(C)C)C(C)C)c1. The van der Waals surface area contributed by atoms with Crippen molar-refractivity contribution in [2.75, 3.05) is 26.1 Å². The molecular weight excluding hydrogens is 420 g/mol. The number of carbonyl (C=O) groups is 2. The molecule has 2 aromatic rings. The van der Waals surface area contributed by atoms with Gasteiger partial charge in [-0.3, -0.25) is 9.59 Å². The van der Waals surface area contributed by atoms with Gasteiger partial charge in [-0.2, -0.15) is 5.10 Å². The molecule has 1 aromatic heterocycles. The Balaban J connectivity index is 2.31. The summed E-state index contributed by atoms with van der Waals surface area (Å²) in [5.74, 6) is 1.05. The van der Waals surface area contributed by atoms with Gasteiger partial charge in [0.25, 0.3) is 5.91 Å². The van der Waals surface area contributed by atoms with Gasteiger partial charge in [0, 0.05) is 29.2 Å². The third-order valence-corrected chi connectivity index (χ3v) is 5.18. The molecule has 1 aromatic carbocycles. The second-order valence-electron chi connectivity index (χ2n) is 10.4. The van der Waals surface area contributed by atoms with Gasteiger partial charge in [0.15, 0.2) is 0 Å². The molecule has 0 saturated carbocycles. The van der Waals surface area contributed by atoms with E-state index in [1.807, 2.05) is 45.4 Å². The van der Waals surface area contributed by atoms with Crippen LogP contribution in [0.2, 0.25) is 0 Å². The highest BCUT2D eigenvalue weighted by Crippen LogP contribution is 2.28. The molecule has 33 heavy (non-hydrogen) atoms. The zero-order chi connectivity index (χ0) is 25.1. The van der Waals surface area contributed by atoms with Gasteiger partial charge in [-0.15, -0.1) is 0 Å². The van der Waals surface area contributed by atoms with Gasteiger partial charge in [-0.05, 0) is 46.8 Å². The Bertz CT molecular complexity index is 975. The first kappa shape index (κ1) is 26.2. The lowest BCUT2D eigenvalue weighted by atomic mass is 9.92. The van der Waals surface area contributed by atoms with Gasteiger partial charge < -0.3 is 19.7 Å². The first-order valence-corrected chi connectivity index (χ1v) is 11.1. The predicted octanol–water partition coefficient (Wildman–Crippen LogP) is 4.44. The Kier molecular flexibility index (Phi) is 7.83. The molecule has 0 bridgehead atoms. The van der Waals surface area contributed by atoms with Crippen molar-refractivity contribution in [3.05, 3.63) is 35.5 Å². The van der Waals surface area contributed by atoms with E-state index >= 15 is 0 Å². The predicted molar refractivity (Wildman–Crippen MR) is 130 cm³/mol. The summed E-state index contributed by atoms with van der Waals surface area (Å²) >= 11 is 0. The number of anilines is 1. The van der Waals surface area contributed by atoms with Crippen LogP contribution < -0.4 is 14.8 Å². The van der Waals surface area contributed by atoms with Crippen LogP contribution in [0.1, 0.15) is 71.4 Å². The molecule has 0 fully saturated rings. The van der Waals surface area contributed by atoms with E-state index in [0.29, 0.717) is 22.9 Å². The van der Waals surface area contributed by atoms with E-state index in [0.717, 1.165) is 5.69 Å². The van der Waals surface area contributed by atoms with Crippen molar-refractivity contribution in [2.45, 2.75) is 72.4 Å². The van der Waals surface area contributed by atoms with Crippen molar-refractivity contribution < 1.29 is 19.1 Å². The van der Waals surface area contributed by atoms with E-state index in [2.05, 4.69) is 26.1 Å². The highest BCUT2D eigenvalue weighted by atomic mass is 16.5. The summed E-state index contributed by atoms with van der Waals surface area (Å²) in [4.78, 5) is 27.9. The zero-order valence-corrected chi connectivity index (χ0v) is 21.6. The van der Waals surface area contributed by atoms with Crippen LogP contribution in [-0.2, 0) is 15.7 Å². The van der Waals surface area contributed by atoms with Crippen molar-refractivity contribution in [2.24, 2.45) is 0 Å². The van der Waals surface area contributed by atoms with Crippen LogP contribution in [0, 0.1) is 0 Å². The smallest absolute Gasteiger partial charge is 0.254 e. The average Bonchev–Trinajstić information content (AvgIpc) is 3.15. The van der Waals surface area contributed by atoms with Crippen LogP contribution in [-0.4, -0.2) is 53.3 Å². The maximum absolute atomic E-state index is 13.3. The number of benzene rings is 1. The normalized spacial score (nSPS) is 12.0. The number of aromatic nitrogens is 2. The fourth-order valence-electron chi connectivity index (χ4n) is 3.27. The second-order valence-corrected chi connectivity index (χ2v) is 10.4. The minimum absolute atomic E-state index is 0.101. The van der Waals surface area contributed by atoms with Gasteiger partial charge >= 0.3 is 0 Å². The Hall–Kier alpha value is -3.03. The highest BCUT2D eigenvalue weighted by Gasteiger charge is 2.27. The molecule has 2 amide bonds. The van der Waals surface area contributed by atoms with Crippen molar-refractivity contribution >= 4 is 17.6 Å². The molecule has 0 aliphatic carbocycles. The molecule has 1 heterocycles. The molecule has 0 unspecified atom stereocenters. The van der Waals surface area contributed by atoms with Crippen LogP contribution in [0.5, 0.6) is 11.5 Å². The van der Waals surface area contributed by atoms with Crippen molar-refractivity contribution in [3.8, 4) is 11.5 Å². The number of amides is 2. The second kappa shape index (κ2) is 9.85. The van der Waals surface area contributed by atoms with E-state index in [1.54, 1.807) is 18.2 Å². The van der Waals surface area contributed by atoms with Crippen molar-refractivity contribution in [1.82, 2.24) is 14.7 Å². The van der Waals surface area contributed by atoms with Crippen LogP contribution in [0.3, 0.4) is 0 Å². The minimum atomic E-state index is -0.323. The Morgan fingerprint density at radius 3 is 1.97 bits per heavy atom. The van der Waals surface area contributed by atoms with E-state index in [9.17, 15) is 9.59 Å². The third kappa shape index (κ3) is 6.49. The van der Waals surface area contributed by atoms with Crippen LogP contribution in [0.25, 0.3) is 0 Å². The summed E-state index contributed by atoms with van der Waals surface area (Å²) in [7, 11) is 3.06. The lowest BCUT2D eigenvalue weighted by Gasteiger charge is -2.27. The number of rotatable bonds is 7. The minimum Gasteiger partial charge on any atom is -0.497 e.